The molecule has 0 radical (unpaired) electrons. The van der Waals surface area contributed by atoms with Crippen LogP contribution in [0.25, 0.3) is 0 Å². The fraction of sp³-hybridized carbons (Fsp3) is 0.182. The van der Waals surface area contributed by atoms with E-state index in [4.69, 9.17) is 4.74 Å². The Balaban J connectivity index is 2.20. The number of ether oxygens (including phenoxy) is 1. The Bertz CT molecular complexity index is 926. The van der Waals surface area contributed by atoms with Gasteiger partial charge in [-0.2, -0.15) is 0 Å². The van der Waals surface area contributed by atoms with Gasteiger partial charge < -0.3 is 4.74 Å². The van der Waals surface area contributed by atoms with Crippen LogP contribution < -0.4 is 4.74 Å². The van der Waals surface area contributed by atoms with Crippen LogP contribution >= 0.6 is 15.9 Å². The lowest BCUT2D eigenvalue weighted by molar-refractivity contribution is 0.340. The van der Waals surface area contributed by atoms with Crippen molar-refractivity contribution in [1.29, 1.82) is 0 Å². The Hall–Kier alpha value is -1.99. The molecule has 0 spiro atoms. The van der Waals surface area contributed by atoms with Crippen molar-refractivity contribution >= 4 is 26.8 Å². The smallest absolute Gasteiger partial charge is 0.172 e. The first-order valence-electron chi connectivity index (χ1n) is 8.75. The van der Waals surface area contributed by atoms with Gasteiger partial charge in [0.1, 0.15) is 29.0 Å². The molecule has 3 rings (SSSR count). The highest BCUT2D eigenvalue weighted by Crippen LogP contribution is 2.36. The molecule has 0 aromatic heterocycles. The Morgan fingerprint density at radius 2 is 1.07 bits per heavy atom. The molecule has 3 aromatic carbocycles. The third-order valence-corrected chi connectivity index (χ3v) is 6.58. The van der Waals surface area contributed by atoms with Gasteiger partial charge in [0.05, 0.1) is 17.5 Å². The molecule has 0 amide bonds. The molecule has 1 nitrogen and oxygen atoms in total. The van der Waals surface area contributed by atoms with Crippen molar-refractivity contribution in [3.05, 3.63) is 82.9 Å². The van der Waals surface area contributed by atoms with Crippen LogP contribution in [0.15, 0.2) is 63.2 Å². The average molecular weight is 486 g/mol. The molecule has 0 aliphatic carbocycles. The molecule has 0 bridgehead atoms. The summed E-state index contributed by atoms with van der Waals surface area (Å²) in [4.78, 5) is 1.27. The summed E-state index contributed by atoms with van der Waals surface area (Å²) in [7, 11) is -1.12. The Labute approximate surface area is 178 Å². The van der Waals surface area contributed by atoms with Crippen molar-refractivity contribution in [3.63, 3.8) is 0 Å². The largest absolute Gasteiger partial charge is 0.492 e. The van der Waals surface area contributed by atoms with Gasteiger partial charge in [0.25, 0.3) is 0 Å². The number of halogens is 5. The standard InChI is InChI=1S/C22H18BrF4OS/c1-13-5-19(6-14(2)22(13)28-4-3-23)29(20-9-15(24)7-16(25)10-20)21-11-17(26)8-18(27)12-21/h5-12H,3-4H2,1-2H3/q+1. The van der Waals surface area contributed by atoms with Crippen LogP contribution in [0.5, 0.6) is 5.75 Å². The van der Waals surface area contributed by atoms with E-state index in [1.807, 2.05) is 26.0 Å². The minimum absolute atomic E-state index is 0.292. The minimum Gasteiger partial charge on any atom is -0.492 e. The van der Waals surface area contributed by atoms with Crippen LogP contribution in [0.2, 0.25) is 0 Å². The monoisotopic (exact) mass is 485 g/mol. The second kappa shape index (κ2) is 9.22. The van der Waals surface area contributed by atoms with Gasteiger partial charge in [-0.1, -0.05) is 15.9 Å². The van der Waals surface area contributed by atoms with Crippen molar-refractivity contribution in [2.75, 3.05) is 11.9 Å². The number of rotatable bonds is 6. The molecule has 7 heteroatoms. The van der Waals surface area contributed by atoms with Gasteiger partial charge in [0, 0.05) is 53.9 Å². The molecule has 3 aromatic rings. The summed E-state index contributed by atoms with van der Waals surface area (Å²) < 4.78 is 61.5. The number of benzene rings is 3. The van der Waals surface area contributed by atoms with E-state index in [0.717, 1.165) is 23.3 Å². The molecule has 0 unspecified atom stereocenters. The van der Waals surface area contributed by atoms with Crippen molar-refractivity contribution in [2.45, 2.75) is 28.5 Å². The lowest BCUT2D eigenvalue weighted by Crippen LogP contribution is -2.09. The van der Waals surface area contributed by atoms with E-state index in [2.05, 4.69) is 15.9 Å². The average Bonchev–Trinajstić information content (AvgIpc) is 2.59. The summed E-state index contributed by atoms with van der Waals surface area (Å²) in [6, 6.07) is 9.94. The van der Waals surface area contributed by atoms with Gasteiger partial charge in [-0.3, -0.25) is 0 Å². The van der Waals surface area contributed by atoms with Gasteiger partial charge in [-0.25, -0.2) is 17.6 Å². The summed E-state index contributed by atoms with van der Waals surface area (Å²) in [6.07, 6.45) is 0. The fourth-order valence-electron chi connectivity index (χ4n) is 3.10. The van der Waals surface area contributed by atoms with E-state index in [0.29, 0.717) is 32.4 Å². The molecule has 0 heterocycles. The van der Waals surface area contributed by atoms with E-state index < -0.39 is 34.2 Å². The van der Waals surface area contributed by atoms with E-state index in [-0.39, 0.29) is 0 Å². The summed E-state index contributed by atoms with van der Waals surface area (Å²) in [5, 5.41) is 0.670. The lowest BCUT2D eigenvalue weighted by Gasteiger charge is -2.14. The Kier molecular flexibility index (Phi) is 6.90. The van der Waals surface area contributed by atoms with Gasteiger partial charge >= 0.3 is 0 Å². The minimum atomic E-state index is -1.12. The first kappa shape index (κ1) is 21.7. The van der Waals surface area contributed by atoms with Crippen molar-refractivity contribution in [2.24, 2.45) is 0 Å². The number of alkyl halides is 1. The second-order valence-corrected chi connectivity index (χ2v) is 9.26. The summed E-state index contributed by atoms with van der Waals surface area (Å²) in [5.74, 6) is -2.28. The molecule has 29 heavy (non-hydrogen) atoms. The molecule has 0 fully saturated rings. The topological polar surface area (TPSA) is 9.23 Å². The Morgan fingerprint density at radius 3 is 1.45 bits per heavy atom. The molecule has 152 valence electrons. The highest BCUT2D eigenvalue weighted by molar-refractivity contribution is 9.09. The van der Waals surface area contributed by atoms with Gasteiger partial charge in [0.2, 0.25) is 0 Å². The molecular formula is C22H18BrF4OS+. The first-order chi connectivity index (χ1) is 13.8. The maximum atomic E-state index is 13.9. The predicted molar refractivity (Wildman–Crippen MR) is 110 cm³/mol. The third kappa shape index (κ3) is 5.14. The SMILES string of the molecule is Cc1cc([S+](c2cc(F)cc(F)c2)c2cc(F)cc(F)c2)cc(C)c1OCCBr. The van der Waals surface area contributed by atoms with Gasteiger partial charge in [0.15, 0.2) is 14.7 Å². The molecule has 0 aliphatic heterocycles. The maximum absolute atomic E-state index is 13.9. The number of hydrogen-bond donors (Lipinski definition) is 0. The van der Waals surface area contributed by atoms with Crippen molar-refractivity contribution in [3.8, 4) is 5.75 Å². The van der Waals surface area contributed by atoms with Crippen LogP contribution in [-0.4, -0.2) is 11.9 Å². The van der Waals surface area contributed by atoms with Crippen LogP contribution in [0, 0.1) is 37.1 Å². The first-order valence-corrected chi connectivity index (χ1v) is 11.1. The number of hydrogen-bond acceptors (Lipinski definition) is 1. The molecule has 0 saturated carbocycles. The zero-order valence-corrected chi connectivity index (χ0v) is 18.1. The van der Waals surface area contributed by atoms with Gasteiger partial charge in [-0.15, -0.1) is 0 Å². The molecule has 0 aliphatic rings. The number of aryl methyl sites for hydroxylation is 2. The van der Waals surface area contributed by atoms with Crippen molar-refractivity contribution < 1.29 is 22.3 Å². The lowest BCUT2D eigenvalue weighted by atomic mass is 10.1. The molecule has 0 N–H and O–H groups in total. The van der Waals surface area contributed by atoms with Crippen LogP contribution in [0.4, 0.5) is 17.6 Å². The van der Waals surface area contributed by atoms with Crippen molar-refractivity contribution in [1.82, 2.24) is 0 Å². The van der Waals surface area contributed by atoms with Crippen LogP contribution in [0.3, 0.4) is 0 Å². The molecular weight excluding hydrogens is 468 g/mol. The van der Waals surface area contributed by atoms with E-state index in [9.17, 15) is 17.6 Å². The zero-order chi connectivity index (χ0) is 21.1. The zero-order valence-electron chi connectivity index (χ0n) is 15.7. The highest BCUT2D eigenvalue weighted by Gasteiger charge is 2.32. The van der Waals surface area contributed by atoms with E-state index >= 15 is 0 Å². The summed E-state index contributed by atoms with van der Waals surface area (Å²) in [6.45, 7) is 4.21. The normalized spacial score (nSPS) is 11.2. The van der Waals surface area contributed by atoms with Gasteiger partial charge in [-0.05, 0) is 25.0 Å². The summed E-state index contributed by atoms with van der Waals surface area (Å²) >= 11 is 3.32. The third-order valence-electron chi connectivity index (χ3n) is 4.14. The molecule has 0 saturated heterocycles. The van der Waals surface area contributed by atoms with E-state index in [1.54, 1.807) is 0 Å². The Morgan fingerprint density at radius 1 is 0.690 bits per heavy atom. The quantitative estimate of drug-likeness (QED) is 0.213. The molecule has 0 atom stereocenters. The maximum Gasteiger partial charge on any atom is 0.172 e. The second-order valence-electron chi connectivity index (χ2n) is 6.44. The fourth-order valence-corrected chi connectivity index (χ4v) is 5.59. The summed E-state index contributed by atoms with van der Waals surface area (Å²) in [5.41, 5.74) is 1.65. The van der Waals surface area contributed by atoms with Crippen LogP contribution in [-0.2, 0) is 10.9 Å². The highest BCUT2D eigenvalue weighted by atomic mass is 79.9. The van der Waals surface area contributed by atoms with Crippen LogP contribution in [0.1, 0.15) is 11.1 Å². The van der Waals surface area contributed by atoms with E-state index in [1.165, 1.54) is 24.3 Å². The predicted octanol–water partition coefficient (Wildman–Crippen LogP) is 6.73.